The molecule has 35 heavy (non-hydrogen) atoms. The van der Waals surface area contributed by atoms with E-state index in [9.17, 15) is 24.1 Å². The number of aliphatic hydroxyl groups excluding tert-OH is 1. The van der Waals surface area contributed by atoms with E-state index >= 15 is 0 Å². The predicted octanol–water partition coefficient (Wildman–Crippen LogP) is 0.982. The second-order valence-electron chi connectivity index (χ2n) is 7.15. The van der Waals surface area contributed by atoms with E-state index in [0.29, 0.717) is 0 Å². The van der Waals surface area contributed by atoms with E-state index in [1.807, 2.05) is 12.1 Å². The van der Waals surface area contributed by atoms with Gasteiger partial charge in [-0.3, -0.25) is 33.1 Å². The van der Waals surface area contributed by atoms with Gasteiger partial charge in [-0.05, 0) is 6.07 Å². The van der Waals surface area contributed by atoms with Crippen LogP contribution in [0.25, 0.3) is 0 Å². The summed E-state index contributed by atoms with van der Waals surface area (Å²) in [6.45, 7) is 1.24. The SMILES string of the molecule is CC(=O)O[C@@H]1[C@H](OC(C)=O)[C@@H](CO)O[C@H]1n1ccc(NP(=O)(OCCC#N)OCCC#N)cc1=O. The molecular weight excluding hydrogens is 487 g/mol. The molecule has 14 nitrogen and oxygen atoms in total. The Bertz CT molecular complexity index is 1070. The maximum absolute atomic E-state index is 12.9. The molecule has 1 saturated heterocycles. The van der Waals surface area contributed by atoms with E-state index in [4.69, 9.17) is 33.8 Å². The van der Waals surface area contributed by atoms with Crippen molar-refractivity contribution in [3.63, 3.8) is 0 Å². The lowest BCUT2D eigenvalue weighted by atomic mass is 10.1. The molecule has 0 radical (unpaired) electrons. The predicted molar refractivity (Wildman–Crippen MR) is 116 cm³/mol. The number of hydrogen-bond acceptors (Lipinski definition) is 12. The quantitative estimate of drug-likeness (QED) is 0.228. The van der Waals surface area contributed by atoms with Gasteiger partial charge in [-0.25, -0.2) is 4.57 Å². The van der Waals surface area contributed by atoms with E-state index < -0.39 is 56.4 Å². The molecular formula is C20H25N4O10P. The fraction of sp³-hybridized carbons (Fsp3) is 0.550. The van der Waals surface area contributed by atoms with Gasteiger partial charge in [-0.1, -0.05) is 0 Å². The number of nitriles is 2. The molecule has 1 aromatic rings. The number of nitrogens with one attached hydrogen (secondary N) is 1. The Morgan fingerprint density at radius 2 is 1.71 bits per heavy atom. The van der Waals surface area contributed by atoms with Crippen LogP contribution in [-0.4, -0.2) is 59.7 Å². The Morgan fingerprint density at radius 3 is 2.20 bits per heavy atom. The van der Waals surface area contributed by atoms with Gasteiger partial charge >= 0.3 is 19.7 Å². The van der Waals surface area contributed by atoms with Crippen LogP contribution in [0.4, 0.5) is 5.69 Å². The van der Waals surface area contributed by atoms with Crippen LogP contribution in [0, 0.1) is 22.7 Å². The van der Waals surface area contributed by atoms with E-state index in [1.165, 1.54) is 12.3 Å². The van der Waals surface area contributed by atoms with E-state index in [0.717, 1.165) is 24.5 Å². The zero-order chi connectivity index (χ0) is 26.0. The smallest absolute Gasteiger partial charge is 0.432 e. The van der Waals surface area contributed by atoms with Gasteiger partial charge in [-0.2, -0.15) is 10.5 Å². The maximum atomic E-state index is 12.9. The Balaban J connectivity index is 2.31. The van der Waals surface area contributed by atoms with Crippen molar-refractivity contribution in [3.05, 3.63) is 28.7 Å². The molecule has 0 aliphatic carbocycles. The lowest BCUT2D eigenvalue weighted by Gasteiger charge is -2.24. The molecule has 0 bridgehead atoms. The molecule has 1 fully saturated rings. The number of aliphatic hydroxyl groups is 1. The average molecular weight is 512 g/mol. The number of rotatable bonds is 12. The summed E-state index contributed by atoms with van der Waals surface area (Å²) >= 11 is 0. The monoisotopic (exact) mass is 512 g/mol. The molecule has 2 heterocycles. The summed E-state index contributed by atoms with van der Waals surface area (Å²) in [6, 6.07) is 6.02. The van der Waals surface area contributed by atoms with Gasteiger partial charge in [-0.15, -0.1) is 0 Å². The van der Waals surface area contributed by atoms with Crippen LogP contribution in [0.3, 0.4) is 0 Å². The van der Waals surface area contributed by atoms with Crippen molar-refractivity contribution < 1.29 is 42.5 Å². The zero-order valence-corrected chi connectivity index (χ0v) is 19.9. The second kappa shape index (κ2) is 13.0. The molecule has 0 unspecified atom stereocenters. The minimum absolute atomic E-state index is 0.0285. The number of carbonyl (C=O) groups excluding carboxylic acids is 2. The van der Waals surface area contributed by atoms with Crippen molar-refractivity contribution in [2.75, 3.05) is 24.9 Å². The molecule has 1 aromatic heterocycles. The first-order valence-electron chi connectivity index (χ1n) is 10.4. The van der Waals surface area contributed by atoms with Crippen LogP contribution in [0.5, 0.6) is 0 Å². The Morgan fingerprint density at radius 1 is 1.14 bits per heavy atom. The highest BCUT2D eigenvalue weighted by Crippen LogP contribution is 2.48. The average Bonchev–Trinajstić information content (AvgIpc) is 3.10. The van der Waals surface area contributed by atoms with Crippen molar-refractivity contribution in [2.24, 2.45) is 0 Å². The minimum atomic E-state index is -4.02. The van der Waals surface area contributed by atoms with Gasteiger partial charge in [0, 0.05) is 26.1 Å². The largest absolute Gasteiger partial charge is 0.456 e. The molecule has 1 aliphatic rings. The molecule has 2 N–H and O–H groups in total. The summed E-state index contributed by atoms with van der Waals surface area (Å²) in [5.41, 5.74) is -0.668. The normalized spacial score (nSPS) is 21.5. The van der Waals surface area contributed by atoms with Gasteiger partial charge < -0.3 is 19.3 Å². The van der Waals surface area contributed by atoms with Crippen LogP contribution in [-0.2, 0) is 37.4 Å². The summed E-state index contributed by atoms with van der Waals surface area (Å²) in [4.78, 5) is 36.0. The number of carbonyl (C=O) groups is 2. The lowest BCUT2D eigenvalue weighted by molar-refractivity contribution is -0.165. The summed E-state index contributed by atoms with van der Waals surface area (Å²) in [6.07, 6.45) is -3.61. The molecule has 4 atom stereocenters. The van der Waals surface area contributed by atoms with Crippen LogP contribution >= 0.6 is 7.75 Å². The van der Waals surface area contributed by atoms with Crippen LogP contribution in [0.2, 0.25) is 0 Å². The van der Waals surface area contributed by atoms with Crippen molar-refractivity contribution >= 4 is 25.4 Å². The molecule has 1 aliphatic heterocycles. The van der Waals surface area contributed by atoms with Gasteiger partial charge in [0.25, 0.3) is 5.56 Å². The molecule has 15 heteroatoms. The van der Waals surface area contributed by atoms with E-state index in [1.54, 1.807) is 0 Å². The molecule has 0 saturated carbocycles. The second-order valence-corrected chi connectivity index (χ2v) is 8.88. The fourth-order valence-corrected chi connectivity index (χ4v) is 4.50. The number of esters is 2. The highest BCUT2D eigenvalue weighted by Gasteiger charge is 2.50. The molecule has 0 spiro atoms. The third-order valence-electron chi connectivity index (χ3n) is 4.51. The first kappa shape index (κ1) is 28.0. The summed E-state index contributed by atoms with van der Waals surface area (Å²) in [5.74, 6) is -1.43. The third kappa shape index (κ3) is 7.89. The third-order valence-corrected chi connectivity index (χ3v) is 6.09. The maximum Gasteiger partial charge on any atom is 0.432 e. The number of pyridine rings is 1. The van der Waals surface area contributed by atoms with Crippen LogP contribution in [0.1, 0.15) is 32.9 Å². The topological polar surface area (TPSA) is 199 Å². The Hall–Kier alpha value is -3.26. The van der Waals surface area contributed by atoms with Gasteiger partial charge in [0.15, 0.2) is 18.4 Å². The van der Waals surface area contributed by atoms with Crippen LogP contribution in [0.15, 0.2) is 23.1 Å². The van der Waals surface area contributed by atoms with Crippen molar-refractivity contribution in [1.29, 1.82) is 10.5 Å². The van der Waals surface area contributed by atoms with Crippen molar-refractivity contribution in [2.45, 2.75) is 51.2 Å². The minimum Gasteiger partial charge on any atom is -0.456 e. The first-order valence-corrected chi connectivity index (χ1v) is 11.9. The number of anilines is 1. The number of nitrogens with zero attached hydrogens (tertiary/aromatic N) is 3. The van der Waals surface area contributed by atoms with E-state index in [-0.39, 0.29) is 31.7 Å². The summed E-state index contributed by atoms with van der Waals surface area (Å²) in [5, 5.41) is 29.4. The number of aromatic nitrogens is 1. The van der Waals surface area contributed by atoms with Gasteiger partial charge in [0.2, 0.25) is 0 Å². The van der Waals surface area contributed by atoms with Gasteiger partial charge in [0.1, 0.15) is 6.10 Å². The first-order chi connectivity index (χ1) is 16.6. The Labute approximate surface area is 200 Å². The summed E-state index contributed by atoms with van der Waals surface area (Å²) < 4.78 is 40.3. The molecule has 2 rings (SSSR count). The van der Waals surface area contributed by atoms with Crippen molar-refractivity contribution in [1.82, 2.24) is 4.57 Å². The highest BCUT2D eigenvalue weighted by molar-refractivity contribution is 7.55. The fourth-order valence-electron chi connectivity index (χ4n) is 3.18. The zero-order valence-electron chi connectivity index (χ0n) is 19.0. The molecule has 190 valence electrons. The lowest BCUT2D eigenvalue weighted by Crippen LogP contribution is -2.41. The standard InChI is InChI=1S/C20H25N4O10P/c1-13(26)32-18-16(12-25)34-20(19(18)33-14(2)27)24-8-5-15(11-17(24)28)23-35(29,30-9-3-6-21)31-10-4-7-22/h5,8,11,16,18-20,25H,3-4,9-10,12H2,1-2H3,(H,23,29)/t16-,18-,19-,20-/m1/s1. The number of hydrogen-bond donors (Lipinski definition) is 2. The van der Waals surface area contributed by atoms with Gasteiger partial charge in [0.05, 0.1) is 50.5 Å². The molecule has 0 amide bonds. The highest BCUT2D eigenvalue weighted by atomic mass is 31.2. The number of ether oxygens (including phenoxy) is 3. The van der Waals surface area contributed by atoms with Crippen molar-refractivity contribution in [3.8, 4) is 12.1 Å². The summed E-state index contributed by atoms with van der Waals surface area (Å²) in [7, 11) is -4.02. The van der Waals surface area contributed by atoms with E-state index in [2.05, 4.69) is 5.09 Å². The van der Waals surface area contributed by atoms with Crippen LogP contribution < -0.4 is 10.6 Å². The Kier molecular flexibility index (Phi) is 10.4. The molecule has 0 aromatic carbocycles.